The highest BCUT2D eigenvalue weighted by atomic mass is 79.9. The molecule has 21 heavy (non-hydrogen) atoms. The largest absolute Gasteiger partial charge is 0.468 e. The normalized spacial score (nSPS) is 10.8. The van der Waals surface area contributed by atoms with Crippen LogP contribution in [0.1, 0.15) is 13.8 Å². The van der Waals surface area contributed by atoms with Gasteiger partial charge in [-0.25, -0.2) is 0 Å². The van der Waals surface area contributed by atoms with E-state index in [-0.39, 0.29) is 31.0 Å². The maximum Gasteiger partial charge on any atom is 0.319 e. The fraction of sp³-hybridized carbons (Fsp3) is 0.429. The maximum atomic E-state index is 12.1. The Kier molecular flexibility index (Phi) is 7.34. The van der Waals surface area contributed by atoms with Crippen LogP contribution < -0.4 is 5.32 Å². The number of methoxy groups -OCH3 is 1. The van der Waals surface area contributed by atoms with E-state index in [0.29, 0.717) is 5.69 Å². The zero-order valence-corrected chi connectivity index (χ0v) is 15.3. The number of nitrogens with one attached hydrogen (secondary N) is 1. The summed E-state index contributed by atoms with van der Waals surface area (Å²) in [4.78, 5) is 25.2. The van der Waals surface area contributed by atoms with Crippen molar-refractivity contribution < 1.29 is 14.3 Å². The summed E-state index contributed by atoms with van der Waals surface area (Å²) in [5, 5.41) is 2.81. The van der Waals surface area contributed by atoms with E-state index in [2.05, 4.69) is 41.9 Å². The van der Waals surface area contributed by atoms with Crippen LogP contribution in [0.15, 0.2) is 27.1 Å². The van der Waals surface area contributed by atoms with Crippen molar-refractivity contribution in [1.82, 2.24) is 4.90 Å². The first-order valence-corrected chi connectivity index (χ1v) is 7.98. The highest BCUT2D eigenvalue weighted by molar-refractivity contribution is 9.11. The van der Waals surface area contributed by atoms with E-state index < -0.39 is 0 Å². The van der Waals surface area contributed by atoms with Crippen LogP contribution in [-0.2, 0) is 14.3 Å². The van der Waals surface area contributed by atoms with Crippen molar-refractivity contribution in [3.8, 4) is 0 Å². The van der Waals surface area contributed by atoms with Crippen molar-refractivity contribution >= 4 is 49.4 Å². The summed E-state index contributed by atoms with van der Waals surface area (Å²) in [6.07, 6.45) is 0. The summed E-state index contributed by atoms with van der Waals surface area (Å²) in [6.45, 7) is 4.05. The van der Waals surface area contributed by atoms with Crippen LogP contribution in [-0.4, -0.2) is 43.0 Å². The van der Waals surface area contributed by atoms with E-state index in [9.17, 15) is 9.59 Å². The standard InChI is InChI=1S/C14H18Br2N2O3/c1-9(2)18(8-14(20)21-3)7-13(19)17-12-5-4-10(15)6-11(12)16/h4-6,9H,7-8H2,1-3H3,(H,17,19). The molecule has 1 aromatic rings. The third-order valence-corrected chi connectivity index (χ3v) is 3.99. The van der Waals surface area contributed by atoms with Gasteiger partial charge in [0.2, 0.25) is 5.91 Å². The lowest BCUT2D eigenvalue weighted by atomic mass is 10.3. The van der Waals surface area contributed by atoms with Crippen molar-refractivity contribution in [3.63, 3.8) is 0 Å². The monoisotopic (exact) mass is 420 g/mol. The van der Waals surface area contributed by atoms with Crippen LogP contribution in [0, 0.1) is 0 Å². The van der Waals surface area contributed by atoms with Crippen LogP contribution >= 0.6 is 31.9 Å². The molecule has 0 saturated heterocycles. The minimum absolute atomic E-state index is 0.0585. The Balaban J connectivity index is 2.67. The molecule has 116 valence electrons. The van der Waals surface area contributed by atoms with Gasteiger partial charge in [0.1, 0.15) is 0 Å². The second-order valence-corrected chi connectivity index (χ2v) is 6.52. The van der Waals surface area contributed by atoms with E-state index in [1.165, 1.54) is 7.11 Å². The van der Waals surface area contributed by atoms with Gasteiger partial charge in [0.25, 0.3) is 0 Å². The van der Waals surface area contributed by atoms with Gasteiger partial charge >= 0.3 is 5.97 Å². The molecule has 1 amide bonds. The summed E-state index contributed by atoms with van der Waals surface area (Å²) in [5.74, 6) is -0.544. The van der Waals surface area contributed by atoms with Crippen LogP contribution in [0.5, 0.6) is 0 Å². The van der Waals surface area contributed by atoms with Crippen LogP contribution in [0.3, 0.4) is 0 Å². The number of esters is 1. The molecule has 1 aromatic carbocycles. The zero-order valence-electron chi connectivity index (χ0n) is 12.2. The molecule has 0 fully saturated rings. The molecule has 0 radical (unpaired) electrons. The summed E-state index contributed by atoms with van der Waals surface area (Å²) < 4.78 is 6.34. The first kappa shape index (κ1) is 18.1. The second-order valence-electron chi connectivity index (χ2n) is 4.75. The van der Waals surface area contributed by atoms with Gasteiger partial charge in [0.05, 0.1) is 25.9 Å². The lowest BCUT2D eigenvalue weighted by Gasteiger charge is -2.24. The first-order valence-electron chi connectivity index (χ1n) is 6.39. The molecule has 0 aliphatic rings. The number of halogens is 2. The number of anilines is 1. The Morgan fingerprint density at radius 3 is 2.48 bits per heavy atom. The Morgan fingerprint density at radius 2 is 1.95 bits per heavy atom. The minimum Gasteiger partial charge on any atom is -0.468 e. The molecule has 0 saturated carbocycles. The molecule has 0 bridgehead atoms. The number of carbonyl (C=O) groups is 2. The Labute approximate surface area is 141 Å². The lowest BCUT2D eigenvalue weighted by molar-refractivity contribution is -0.142. The minimum atomic E-state index is -0.360. The zero-order chi connectivity index (χ0) is 16.0. The molecule has 0 aliphatic carbocycles. The van der Waals surface area contributed by atoms with E-state index >= 15 is 0 Å². The number of carbonyl (C=O) groups excluding carboxylic acids is 2. The molecule has 0 unspecified atom stereocenters. The number of ether oxygens (including phenoxy) is 1. The molecule has 1 N–H and O–H groups in total. The number of hydrogen-bond acceptors (Lipinski definition) is 4. The van der Waals surface area contributed by atoms with Gasteiger partial charge < -0.3 is 10.1 Å². The van der Waals surface area contributed by atoms with Crippen LogP contribution in [0.25, 0.3) is 0 Å². The van der Waals surface area contributed by atoms with Crippen molar-refractivity contribution in [2.75, 3.05) is 25.5 Å². The average molecular weight is 422 g/mol. The van der Waals surface area contributed by atoms with E-state index in [4.69, 9.17) is 0 Å². The average Bonchev–Trinajstić information content (AvgIpc) is 2.40. The van der Waals surface area contributed by atoms with Crippen LogP contribution in [0.2, 0.25) is 0 Å². The number of nitrogens with zero attached hydrogens (tertiary/aromatic N) is 1. The molecule has 0 aromatic heterocycles. The third-order valence-electron chi connectivity index (χ3n) is 2.84. The molecule has 0 atom stereocenters. The summed E-state index contributed by atoms with van der Waals surface area (Å²) >= 11 is 6.74. The number of amides is 1. The molecular formula is C14H18Br2N2O3. The Bertz CT molecular complexity index is 521. The highest BCUT2D eigenvalue weighted by Crippen LogP contribution is 2.26. The van der Waals surface area contributed by atoms with E-state index in [1.54, 1.807) is 11.0 Å². The SMILES string of the molecule is COC(=O)CN(CC(=O)Nc1ccc(Br)cc1Br)C(C)C. The summed E-state index contributed by atoms with van der Waals surface area (Å²) in [6, 6.07) is 5.55. The smallest absolute Gasteiger partial charge is 0.319 e. The van der Waals surface area contributed by atoms with Gasteiger partial charge in [-0.05, 0) is 48.0 Å². The lowest BCUT2D eigenvalue weighted by Crippen LogP contribution is -2.41. The third kappa shape index (κ3) is 6.15. The molecule has 0 spiro atoms. The topological polar surface area (TPSA) is 58.6 Å². The van der Waals surface area contributed by atoms with Crippen molar-refractivity contribution in [3.05, 3.63) is 27.1 Å². The molecule has 7 heteroatoms. The van der Waals surface area contributed by atoms with Gasteiger partial charge in [-0.3, -0.25) is 14.5 Å². The highest BCUT2D eigenvalue weighted by Gasteiger charge is 2.18. The number of rotatable bonds is 6. The summed E-state index contributed by atoms with van der Waals surface area (Å²) in [5.41, 5.74) is 0.685. The quantitative estimate of drug-likeness (QED) is 0.717. The predicted octanol–water partition coefficient (Wildman–Crippen LogP) is 3.03. The van der Waals surface area contributed by atoms with Crippen molar-refractivity contribution in [2.45, 2.75) is 19.9 Å². The van der Waals surface area contributed by atoms with Crippen LogP contribution in [0.4, 0.5) is 5.69 Å². The molecule has 1 rings (SSSR count). The fourth-order valence-corrected chi connectivity index (χ4v) is 2.76. The van der Waals surface area contributed by atoms with Crippen molar-refractivity contribution in [2.24, 2.45) is 0 Å². The van der Waals surface area contributed by atoms with Gasteiger partial charge in [0, 0.05) is 15.0 Å². The van der Waals surface area contributed by atoms with Gasteiger partial charge in [-0.2, -0.15) is 0 Å². The Morgan fingerprint density at radius 1 is 1.29 bits per heavy atom. The molecule has 0 aliphatic heterocycles. The molecular weight excluding hydrogens is 404 g/mol. The molecule has 0 heterocycles. The first-order chi connectivity index (χ1) is 9.83. The van der Waals surface area contributed by atoms with Gasteiger partial charge in [-0.1, -0.05) is 15.9 Å². The maximum absolute atomic E-state index is 12.1. The molecule has 5 nitrogen and oxygen atoms in total. The number of hydrogen-bond donors (Lipinski definition) is 1. The Hall–Kier alpha value is -0.920. The van der Waals surface area contributed by atoms with Gasteiger partial charge in [-0.15, -0.1) is 0 Å². The van der Waals surface area contributed by atoms with Crippen molar-refractivity contribution in [1.29, 1.82) is 0 Å². The fourth-order valence-electron chi connectivity index (χ4n) is 1.62. The van der Waals surface area contributed by atoms with E-state index in [1.807, 2.05) is 26.0 Å². The second kappa shape index (κ2) is 8.51. The van der Waals surface area contributed by atoms with E-state index in [0.717, 1.165) is 8.95 Å². The predicted molar refractivity (Wildman–Crippen MR) is 89.2 cm³/mol. The number of benzene rings is 1. The summed E-state index contributed by atoms with van der Waals surface area (Å²) in [7, 11) is 1.33. The van der Waals surface area contributed by atoms with Gasteiger partial charge in [0.15, 0.2) is 0 Å².